The second kappa shape index (κ2) is 3.53. The lowest BCUT2D eigenvalue weighted by atomic mass is 10.4. The number of methoxy groups -OCH3 is 1. The predicted molar refractivity (Wildman–Crippen MR) is 54.3 cm³/mol. The fourth-order valence-electron chi connectivity index (χ4n) is 1.24. The average Bonchev–Trinajstić information content (AvgIpc) is 2.65. The van der Waals surface area contributed by atoms with Crippen LogP contribution in [0, 0.1) is 6.92 Å². The molecule has 1 aromatic rings. The Balaban J connectivity index is 2.21. The Labute approximate surface area is 82.1 Å². The first kappa shape index (κ1) is 8.80. The van der Waals surface area contributed by atoms with Crippen molar-refractivity contribution in [1.29, 1.82) is 0 Å². The molecule has 0 saturated carbocycles. The minimum absolute atomic E-state index is 0.581. The highest BCUT2D eigenvalue weighted by atomic mass is 16.5. The maximum atomic E-state index is 5.08. The molecule has 2 heterocycles. The van der Waals surface area contributed by atoms with Crippen LogP contribution in [0.2, 0.25) is 0 Å². The molecule has 2 rings (SSSR count). The number of rotatable bonds is 2. The van der Waals surface area contributed by atoms with E-state index in [2.05, 4.69) is 15.2 Å². The van der Waals surface area contributed by atoms with E-state index in [9.17, 15) is 0 Å². The molecule has 0 aliphatic carbocycles. The van der Waals surface area contributed by atoms with Crippen molar-refractivity contribution in [3.05, 3.63) is 23.7 Å². The molecule has 0 radical (unpaired) electrons. The Morgan fingerprint density at radius 3 is 3.07 bits per heavy atom. The van der Waals surface area contributed by atoms with Gasteiger partial charge in [-0.15, -0.1) is 0 Å². The minimum atomic E-state index is 0.581. The van der Waals surface area contributed by atoms with Gasteiger partial charge in [-0.3, -0.25) is 10.1 Å². The Morgan fingerprint density at radius 2 is 2.43 bits per heavy atom. The molecule has 0 bridgehead atoms. The quantitative estimate of drug-likeness (QED) is 0.762. The Kier molecular flexibility index (Phi) is 2.22. The second-order valence-corrected chi connectivity index (χ2v) is 3.07. The van der Waals surface area contributed by atoms with Gasteiger partial charge in [-0.2, -0.15) is 5.10 Å². The van der Waals surface area contributed by atoms with Crippen LogP contribution in [-0.4, -0.2) is 30.2 Å². The number of aryl methyl sites for hydroxylation is 1. The van der Waals surface area contributed by atoms with Crippen LogP contribution < -0.4 is 4.90 Å². The minimum Gasteiger partial charge on any atom is -0.494 e. The third kappa shape index (κ3) is 1.61. The molecule has 1 aliphatic heterocycles. The maximum absolute atomic E-state index is 5.08. The van der Waals surface area contributed by atoms with Crippen molar-refractivity contribution in [2.45, 2.75) is 6.92 Å². The van der Waals surface area contributed by atoms with Gasteiger partial charge < -0.3 is 9.64 Å². The van der Waals surface area contributed by atoms with E-state index in [4.69, 9.17) is 4.74 Å². The van der Waals surface area contributed by atoms with Gasteiger partial charge in [0.25, 0.3) is 0 Å². The first-order chi connectivity index (χ1) is 6.79. The zero-order valence-corrected chi connectivity index (χ0v) is 8.19. The van der Waals surface area contributed by atoms with Gasteiger partial charge in [0.1, 0.15) is 6.67 Å². The molecular formula is C9H12N4O. The second-order valence-electron chi connectivity index (χ2n) is 3.07. The van der Waals surface area contributed by atoms with Crippen molar-refractivity contribution in [2.75, 3.05) is 18.7 Å². The highest BCUT2D eigenvalue weighted by molar-refractivity contribution is 5.78. The molecule has 74 valence electrons. The SMILES string of the molecule is COC1=CN(c2cc(C)[nH]n2)CN=C1. The zero-order chi connectivity index (χ0) is 9.97. The van der Waals surface area contributed by atoms with Gasteiger partial charge in [-0.1, -0.05) is 0 Å². The van der Waals surface area contributed by atoms with Crippen LogP contribution in [0.4, 0.5) is 5.82 Å². The third-order valence-electron chi connectivity index (χ3n) is 1.96. The van der Waals surface area contributed by atoms with Crippen LogP contribution in [0.1, 0.15) is 5.69 Å². The molecule has 5 nitrogen and oxygen atoms in total. The molecule has 14 heavy (non-hydrogen) atoms. The first-order valence-electron chi connectivity index (χ1n) is 4.34. The van der Waals surface area contributed by atoms with Crippen molar-refractivity contribution in [3.63, 3.8) is 0 Å². The topological polar surface area (TPSA) is 53.5 Å². The van der Waals surface area contributed by atoms with E-state index >= 15 is 0 Å². The van der Waals surface area contributed by atoms with E-state index in [0.717, 1.165) is 17.3 Å². The molecule has 0 amide bonds. The fourth-order valence-corrected chi connectivity index (χ4v) is 1.24. The average molecular weight is 192 g/mol. The summed E-state index contributed by atoms with van der Waals surface area (Å²) in [4.78, 5) is 6.07. The van der Waals surface area contributed by atoms with Gasteiger partial charge in [0.15, 0.2) is 11.6 Å². The van der Waals surface area contributed by atoms with Crippen molar-refractivity contribution in [3.8, 4) is 0 Å². The van der Waals surface area contributed by atoms with Gasteiger partial charge in [-0.25, -0.2) is 0 Å². The van der Waals surface area contributed by atoms with Gasteiger partial charge in [-0.05, 0) is 6.92 Å². The highest BCUT2D eigenvalue weighted by Gasteiger charge is 2.10. The number of anilines is 1. The lowest BCUT2D eigenvalue weighted by Crippen LogP contribution is -2.21. The van der Waals surface area contributed by atoms with Gasteiger partial charge >= 0.3 is 0 Å². The summed E-state index contributed by atoms with van der Waals surface area (Å²) in [5, 5.41) is 7.02. The first-order valence-corrected chi connectivity index (χ1v) is 4.34. The molecule has 1 aliphatic rings. The van der Waals surface area contributed by atoms with E-state index < -0.39 is 0 Å². The Morgan fingerprint density at radius 1 is 1.57 bits per heavy atom. The van der Waals surface area contributed by atoms with Gasteiger partial charge in [0, 0.05) is 11.8 Å². The molecule has 1 N–H and O–H groups in total. The molecule has 0 fully saturated rings. The van der Waals surface area contributed by atoms with Crippen LogP contribution in [0.5, 0.6) is 0 Å². The summed E-state index contributed by atoms with van der Waals surface area (Å²) in [5.41, 5.74) is 1.03. The Hall–Kier alpha value is -1.78. The molecule has 0 unspecified atom stereocenters. The van der Waals surface area contributed by atoms with Crippen LogP contribution in [0.25, 0.3) is 0 Å². The molecule has 0 atom stereocenters. The number of hydrogen-bond acceptors (Lipinski definition) is 4. The summed E-state index contributed by atoms with van der Waals surface area (Å²) in [6, 6.07) is 1.96. The lowest BCUT2D eigenvalue weighted by Gasteiger charge is -2.18. The summed E-state index contributed by atoms with van der Waals surface area (Å²) in [7, 11) is 1.62. The van der Waals surface area contributed by atoms with E-state index in [1.54, 1.807) is 13.3 Å². The number of aromatic nitrogens is 2. The highest BCUT2D eigenvalue weighted by Crippen LogP contribution is 2.15. The molecule has 0 spiro atoms. The zero-order valence-electron chi connectivity index (χ0n) is 8.19. The summed E-state index contributed by atoms with van der Waals surface area (Å²) in [5.74, 6) is 1.59. The molecule has 1 aromatic heterocycles. The van der Waals surface area contributed by atoms with Crippen LogP contribution in [-0.2, 0) is 4.74 Å². The summed E-state index contributed by atoms with van der Waals surface area (Å²) < 4.78 is 5.08. The number of nitrogens with zero attached hydrogens (tertiary/aromatic N) is 3. The standard InChI is InChI=1S/C9H12N4O/c1-7-3-9(12-11-7)13-5-8(14-2)4-10-6-13/h3-5H,6H2,1-2H3,(H,11,12). The molecule has 5 heteroatoms. The molecule has 0 aromatic carbocycles. The van der Waals surface area contributed by atoms with Crippen molar-refractivity contribution < 1.29 is 4.74 Å². The monoisotopic (exact) mass is 192 g/mol. The van der Waals surface area contributed by atoms with Crippen molar-refractivity contribution >= 4 is 12.0 Å². The number of aliphatic imine (C=N–C) groups is 1. The van der Waals surface area contributed by atoms with Crippen LogP contribution >= 0.6 is 0 Å². The summed E-state index contributed by atoms with van der Waals surface area (Å²) in [6.45, 7) is 2.54. The number of ether oxygens (including phenoxy) is 1. The fraction of sp³-hybridized carbons (Fsp3) is 0.333. The number of nitrogens with one attached hydrogen (secondary N) is 1. The largest absolute Gasteiger partial charge is 0.494 e. The maximum Gasteiger partial charge on any atom is 0.156 e. The van der Waals surface area contributed by atoms with Gasteiger partial charge in [0.05, 0.1) is 19.5 Å². The van der Waals surface area contributed by atoms with Crippen molar-refractivity contribution in [1.82, 2.24) is 10.2 Å². The van der Waals surface area contributed by atoms with Crippen LogP contribution in [0.15, 0.2) is 23.0 Å². The number of allylic oxidation sites excluding steroid dienone is 1. The lowest BCUT2D eigenvalue weighted by molar-refractivity contribution is 0.314. The number of hydrogen-bond donors (Lipinski definition) is 1. The smallest absolute Gasteiger partial charge is 0.156 e. The Bertz CT molecular complexity index is 380. The predicted octanol–water partition coefficient (Wildman–Crippen LogP) is 1.05. The molecule has 0 saturated heterocycles. The third-order valence-corrected chi connectivity index (χ3v) is 1.96. The van der Waals surface area contributed by atoms with E-state index in [1.165, 1.54) is 0 Å². The number of aromatic amines is 1. The normalized spacial score (nSPS) is 15.6. The summed E-state index contributed by atoms with van der Waals surface area (Å²) >= 11 is 0. The van der Waals surface area contributed by atoms with E-state index in [1.807, 2.05) is 24.1 Å². The number of H-pyrrole nitrogens is 1. The van der Waals surface area contributed by atoms with Crippen LogP contribution in [0.3, 0.4) is 0 Å². The van der Waals surface area contributed by atoms with Crippen molar-refractivity contribution in [2.24, 2.45) is 4.99 Å². The molecular weight excluding hydrogens is 180 g/mol. The van der Waals surface area contributed by atoms with Gasteiger partial charge in [0.2, 0.25) is 0 Å². The van der Waals surface area contributed by atoms with E-state index in [0.29, 0.717) is 6.67 Å². The van der Waals surface area contributed by atoms with E-state index in [-0.39, 0.29) is 0 Å². The summed E-state index contributed by atoms with van der Waals surface area (Å²) in [6.07, 6.45) is 3.58.